The maximum atomic E-state index is 11.9. The van der Waals surface area contributed by atoms with Crippen molar-refractivity contribution < 1.29 is 19.5 Å². The van der Waals surface area contributed by atoms with Gasteiger partial charge in [-0.3, -0.25) is 19.8 Å². The summed E-state index contributed by atoms with van der Waals surface area (Å²) in [5.41, 5.74) is 0. The maximum absolute atomic E-state index is 11.9. The molecule has 0 radical (unpaired) electrons. The molecule has 1 saturated heterocycles. The van der Waals surface area contributed by atoms with Crippen molar-refractivity contribution in [3.8, 4) is 0 Å². The summed E-state index contributed by atoms with van der Waals surface area (Å²) in [7, 11) is 0. The monoisotopic (exact) mass is 299 g/mol. The van der Waals surface area contributed by atoms with Crippen LogP contribution in [0.1, 0.15) is 33.6 Å². The van der Waals surface area contributed by atoms with E-state index >= 15 is 0 Å². The van der Waals surface area contributed by atoms with Crippen LogP contribution in [-0.4, -0.2) is 65.0 Å². The predicted molar refractivity (Wildman–Crippen MR) is 77.9 cm³/mol. The molecule has 0 saturated carbocycles. The van der Waals surface area contributed by atoms with E-state index in [1.165, 1.54) is 0 Å². The number of carbonyl (C=O) groups excluding carboxylic acids is 2. The number of urea groups is 1. The highest BCUT2D eigenvalue weighted by Gasteiger charge is 2.24. The van der Waals surface area contributed by atoms with Crippen LogP contribution in [0.3, 0.4) is 0 Å². The molecule has 0 aliphatic carbocycles. The minimum Gasteiger partial charge on any atom is -0.481 e. The molecule has 1 aliphatic rings. The van der Waals surface area contributed by atoms with E-state index in [2.05, 4.69) is 24.1 Å². The highest BCUT2D eigenvalue weighted by molar-refractivity contribution is 5.94. The van der Waals surface area contributed by atoms with Crippen molar-refractivity contribution in [3.05, 3.63) is 0 Å². The number of hydrogen-bond acceptors (Lipinski definition) is 4. The molecule has 3 amide bonds. The molecule has 7 nitrogen and oxygen atoms in total. The number of carboxylic acid groups (broad SMARTS) is 1. The molecule has 120 valence electrons. The van der Waals surface area contributed by atoms with Crippen molar-refractivity contribution in [1.29, 1.82) is 0 Å². The second-order valence-corrected chi connectivity index (χ2v) is 5.88. The topological polar surface area (TPSA) is 89.9 Å². The van der Waals surface area contributed by atoms with E-state index in [0.717, 1.165) is 13.1 Å². The minimum absolute atomic E-state index is 0.0456. The third-order valence-electron chi connectivity index (χ3n) is 3.64. The zero-order valence-corrected chi connectivity index (χ0v) is 13.0. The molecule has 0 aromatic carbocycles. The van der Waals surface area contributed by atoms with Gasteiger partial charge in [0.05, 0.1) is 0 Å². The lowest BCUT2D eigenvalue weighted by molar-refractivity contribution is -0.138. The molecule has 1 fully saturated rings. The van der Waals surface area contributed by atoms with Gasteiger partial charge in [0.2, 0.25) is 5.91 Å². The van der Waals surface area contributed by atoms with Crippen LogP contribution in [0.25, 0.3) is 0 Å². The molecule has 1 atom stereocenters. The Morgan fingerprint density at radius 2 is 1.62 bits per heavy atom. The van der Waals surface area contributed by atoms with Crippen LogP contribution in [-0.2, 0) is 9.59 Å². The number of nitrogens with zero attached hydrogens (tertiary/aromatic N) is 2. The summed E-state index contributed by atoms with van der Waals surface area (Å²) in [5, 5.41) is 11.0. The summed E-state index contributed by atoms with van der Waals surface area (Å²) in [5.74, 6) is -1.64. The Kier molecular flexibility index (Phi) is 6.61. The van der Waals surface area contributed by atoms with Crippen molar-refractivity contribution in [2.75, 3.05) is 26.2 Å². The summed E-state index contributed by atoms with van der Waals surface area (Å²) in [6.45, 7) is 8.71. The molecule has 1 rings (SSSR count). The summed E-state index contributed by atoms with van der Waals surface area (Å²) in [4.78, 5) is 38.1. The number of rotatable bonds is 5. The molecule has 1 unspecified atom stereocenters. The Bertz CT molecular complexity index is 390. The molecule has 0 aromatic rings. The average molecular weight is 299 g/mol. The molecule has 1 heterocycles. The van der Waals surface area contributed by atoms with Crippen LogP contribution in [0.2, 0.25) is 0 Å². The second-order valence-electron chi connectivity index (χ2n) is 5.88. The smallest absolute Gasteiger partial charge is 0.324 e. The number of nitrogens with one attached hydrogen (secondary N) is 1. The van der Waals surface area contributed by atoms with Gasteiger partial charge < -0.3 is 10.0 Å². The fraction of sp³-hybridized carbons (Fsp3) is 0.786. The van der Waals surface area contributed by atoms with Crippen molar-refractivity contribution in [1.82, 2.24) is 15.1 Å². The first-order valence-electron chi connectivity index (χ1n) is 7.34. The van der Waals surface area contributed by atoms with Gasteiger partial charge in [-0.05, 0) is 19.8 Å². The number of aliphatic carboxylic acids is 1. The van der Waals surface area contributed by atoms with E-state index in [1.807, 2.05) is 0 Å². The molecular formula is C14H25N3O4. The first-order valence-corrected chi connectivity index (χ1v) is 7.34. The van der Waals surface area contributed by atoms with Crippen LogP contribution >= 0.6 is 0 Å². The SMILES string of the molecule is CC(CC(=O)O)CC(=O)NC(=O)N1CCN(C(C)C)CC1. The third-order valence-corrected chi connectivity index (χ3v) is 3.64. The van der Waals surface area contributed by atoms with Gasteiger partial charge in [0, 0.05) is 45.1 Å². The molecule has 0 bridgehead atoms. The maximum Gasteiger partial charge on any atom is 0.324 e. The van der Waals surface area contributed by atoms with Crippen LogP contribution in [0.4, 0.5) is 4.79 Å². The lowest BCUT2D eigenvalue weighted by Crippen LogP contribution is -2.54. The first kappa shape index (κ1) is 17.4. The molecular weight excluding hydrogens is 274 g/mol. The highest BCUT2D eigenvalue weighted by Crippen LogP contribution is 2.08. The molecule has 0 spiro atoms. The lowest BCUT2D eigenvalue weighted by atomic mass is 10.0. The predicted octanol–water partition coefficient (Wildman–Crippen LogP) is 0.750. The van der Waals surface area contributed by atoms with E-state index in [4.69, 9.17) is 5.11 Å². The summed E-state index contributed by atoms with van der Waals surface area (Å²) < 4.78 is 0. The fourth-order valence-corrected chi connectivity index (χ4v) is 2.38. The largest absolute Gasteiger partial charge is 0.481 e. The average Bonchev–Trinajstić information content (AvgIpc) is 2.37. The van der Waals surface area contributed by atoms with Crippen molar-refractivity contribution in [2.24, 2.45) is 5.92 Å². The summed E-state index contributed by atoms with van der Waals surface area (Å²) in [6, 6.07) is 0.0691. The minimum atomic E-state index is -0.938. The van der Waals surface area contributed by atoms with Gasteiger partial charge in [0.15, 0.2) is 0 Å². The normalized spacial score (nSPS) is 17.6. The van der Waals surface area contributed by atoms with E-state index in [9.17, 15) is 14.4 Å². The first-order chi connectivity index (χ1) is 9.79. The molecule has 1 aliphatic heterocycles. The zero-order valence-electron chi connectivity index (χ0n) is 13.0. The van der Waals surface area contributed by atoms with Crippen LogP contribution in [0.15, 0.2) is 0 Å². The molecule has 0 aromatic heterocycles. The zero-order chi connectivity index (χ0) is 16.0. The Morgan fingerprint density at radius 1 is 1.05 bits per heavy atom. The Balaban J connectivity index is 2.33. The van der Waals surface area contributed by atoms with Gasteiger partial charge in [-0.2, -0.15) is 0 Å². The Labute approximate surface area is 125 Å². The highest BCUT2D eigenvalue weighted by atomic mass is 16.4. The van der Waals surface area contributed by atoms with E-state index in [0.29, 0.717) is 19.1 Å². The van der Waals surface area contributed by atoms with E-state index in [-0.39, 0.29) is 24.8 Å². The van der Waals surface area contributed by atoms with E-state index < -0.39 is 11.9 Å². The number of piperazine rings is 1. The number of carbonyl (C=O) groups is 3. The van der Waals surface area contributed by atoms with Crippen LogP contribution in [0.5, 0.6) is 0 Å². The number of amides is 3. The van der Waals surface area contributed by atoms with Gasteiger partial charge >= 0.3 is 12.0 Å². The summed E-state index contributed by atoms with van der Waals surface area (Å²) >= 11 is 0. The van der Waals surface area contributed by atoms with Crippen molar-refractivity contribution in [3.63, 3.8) is 0 Å². The molecule has 7 heteroatoms. The summed E-state index contributed by atoms with van der Waals surface area (Å²) in [6.07, 6.45) is -0.0291. The number of imide groups is 1. The van der Waals surface area contributed by atoms with Gasteiger partial charge in [0.1, 0.15) is 0 Å². The number of carboxylic acids is 1. The van der Waals surface area contributed by atoms with Gasteiger partial charge in [-0.25, -0.2) is 4.79 Å². The Morgan fingerprint density at radius 3 is 2.10 bits per heavy atom. The van der Waals surface area contributed by atoms with Crippen molar-refractivity contribution >= 4 is 17.9 Å². The van der Waals surface area contributed by atoms with Crippen LogP contribution < -0.4 is 5.32 Å². The fourth-order valence-electron chi connectivity index (χ4n) is 2.38. The number of hydrogen-bond donors (Lipinski definition) is 2. The Hall–Kier alpha value is -1.63. The third kappa shape index (κ3) is 6.12. The second kappa shape index (κ2) is 7.97. The molecule has 2 N–H and O–H groups in total. The van der Waals surface area contributed by atoms with Gasteiger partial charge in [-0.15, -0.1) is 0 Å². The van der Waals surface area contributed by atoms with Crippen molar-refractivity contribution in [2.45, 2.75) is 39.7 Å². The lowest BCUT2D eigenvalue weighted by Gasteiger charge is -2.36. The molecule has 21 heavy (non-hydrogen) atoms. The quantitative estimate of drug-likeness (QED) is 0.782. The van der Waals surface area contributed by atoms with E-state index in [1.54, 1.807) is 11.8 Å². The standard InChI is InChI=1S/C14H25N3O4/c1-10(2)16-4-6-17(7-5-16)14(21)15-12(18)8-11(3)9-13(19)20/h10-11H,4-9H2,1-3H3,(H,19,20)(H,15,18,21). The van der Waals surface area contributed by atoms with Gasteiger partial charge in [0.25, 0.3) is 0 Å². The van der Waals surface area contributed by atoms with Gasteiger partial charge in [-0.1, -0.05) is 6.92 Å². The van der Waals surface area contributed by atoms with Crippen LogP contribution in [0, 0.1) is 5.92 Å².